The molecule has 0 aliphatic heterocycles. The van der Waals surface area contributed by atoms with Crippen LogP contribution in [-0.4, -0.2) is 25.7 Å². The van der Waals surface area contributed by atoms with Crippen molar-refractivity contribution in [2.45, 2.75) is 38.8 Å². The van der Waals surface area contributed by atoms with Crippen LogP contribution in [-0.2, 0) is 15.1 Å². The molecule has 0 aliphatic carbocycles. The third kappa shape index (κ3) is 3.96. The maximum Gasteiger partial charge on any atom is 0.331 e. The highest BCUT2D eigenvalue weighted by Crippen LogP contribution is 2.24. The van der Waals surface area contributed by atoms with E-state index in [9.17, 15) is 4.79 Å². The van der Waals surface area contributed by atoms with E-state index in [1.165, 1.54) is 0 Å². The molecule has 4 heteroatoms. The van der Waals surface area contributed by atoms with Crippen molar-refractivity contribution in [2.24, 2.45) is 5.73 Å². The molecule has 0 amide bonds. The predicted octanol–water partition coefficient (Wildman–Crippen LogP) is 2.27. The summed E-state index contributed by atoms with van der Waals surface area (Å²) in [4.78, 5) is 14.1. The first kappa shape index (κ1) is 15.5. The molecule has 1 atom stereocenters. The summed E-state index contributed by atoms with van der Waals surface area (Å²) in [5.41, 5.74) is 6.25. The minimum absolute atomic E-state index is 0.419. The third-order valence-electron chi connectivity index (χ3n) is 2.81. The molecule has 0 spiro atoms. The predicted molar refractivity (Wildman–Crippen MR) is 78.2 cm³/mol. The Labute approximate surface area is 115 Å². The minimum atomic E-state index is -1.14. The molecule has 0 radical (unpaired) electrons. The molecule has 0 unspecified atom stereocenters. The molecule has 1 aromatic rings. The molecule has 0 aromatic heterocycles. The number of carbonyl (C=O) groups is 1. The second kappa shape index (κ2) is 5.21. The highest BCUT2D eigenvalue weighted by Gasteiger charge is 2.34. The van der Waals surface area contributed by atoms with Crippen molar-refractivity contribution < 1.29 is 9.53 Å². The van der Waals surface area contributed by atoms with Crippen LogP contribution in [0.2, 0.25) is 0 Å². The van der Waals surface area contributed by atoms with Crippen molar-refractivity contribution >= 4 is 11.7 Å². The van der Waals surface area contributed by atoms with Gasteiger partial charge in [-0.25, -0.2) is 4.79 Å². The lowest BCUT2D eigenvalue weighted by Crippen LogP contribution is -2.45. The number of benzene rings is 1. The smallest absolute Gasteiger partial charge is 0.331 e. The summed E-state index contributed by atoms with van der Waals surface area (Å²) in [7, 11) is 3.93. The van der Waals surface area contributed by atoms with Gasteiger partial charge in [0.1, 0.15) is 11.1 Å². The first-order valence-electron chi connectivity index (χ1n) is 6.34. The van der Waals surface area contributed by atoms with E-state index in [4.69, 9.17) is 10.5 Å². The van der Waals surface area contributed by atoms with Crippen LogP contribution in [0, 0.1) is 0 Å². The van der Waals surface area contributed by atoms with Crippen molar-refractivity contribution in [2.75, 3.05) is 19.0 Å². The van der Waals surface area contributed by atoms with Crippen LogP contribution in [0.1, 0.15) is 33.3 Å². The Morgan fingerprint density at radius 1 is 1.11 bits per heavy atom. The van der Waals surface area contributed by atoms with Gasteiger partial charge in [0.25, 0.3) is 0 Å². The molecule has 1 rings (SSSR count). The van der Waals surface area contributed by atoms with Gasteiger partial charge in [0.05, 0.1) is 0 Å². The molecular weight excluding hydrogens is 240 g/mol. The highest BCUT2D eigenvalue weighted by molar-refractivity contribution is 5.82. The van der Waals surface area contributed by atoms with E-state index >= 15 is 0 Å². The fourth-order valence-electron chi connectivity index (χ4n) is 1.61. The van der Waals surface area contributed by atoms with Gasteiger partial charge < -0.3 is 15.4 Å². The Morgan fingerprint density at radius 3 is 1.95 bits per heavy atom. The van der Waals surface area contributed by atoms with E-state index < -0.39 is 17.1 Å². The lowest BCUT2D eigenvalue weighted by Gasteiger charge is -2.29. The lowest BCUT2D eigenvalue weighted by molar-refractivity contribution is -0.161. The maximum atomic E-state index is 12.1. The fraction of sp³-hybridized carbons (Fsp3) is 0.533. The number of anilines is 1. The standard InChI is InChI=1S/C15H24N2O2/c1-14(2,3)19-13(18)15(4,16)11-7-9-12(10-8-11)17(5)6/h7-10H,16H2,1-6H3/t15-/m0/s1. The molecule has 0 saturated heterocycles. The number of carbonyl (C=O) groups excluding carboxylic acids is 1. The summed E-state index contributed by atoms with van der Waals surface area (Å²) < 4.78 is 5.36. The molecule has 4 nitrogen and oxygen atoms in total. The number of hydrogen-bond acceptors (Lipinski definition) is 4. The fourth-order valence-corrected chi connectivity index (χ4v) is 1.61. The second-order valence-corrected chi connectivity index (χ2v) is 6.15. The molecule has 2 N–H and O–H groups in total. The van der Waals surface area contributed by atoms with Gasteiger partial charge in [-0.2, -0.15) is 0 Å². The van der Waals surface area contributed by atoms with Gasteiger partial charge in [0.15, 0.2) is 0 Å². The van der Waals surface area contributed by atoms with Crippen molar-refractivity contribution in [3.05, 3.63) is 29.8 Å². The lowest BCUT2D eigenvalue weighted by atomic mass is 9.93. The summed E-state index contributed by atoms with van der Waals surface area (Å²) in [5.74, 6) is -0.419. The normalized spacial score (nSPS) is 14.7. The molecule has 0 fully saturated rings. The van der Waals surface area contributed by atoms with E-state index in [2.05, 4.69) is 0 Å². The molecule has 1 aromatic carbocycles. The van der Waals surface area contributed by atoms with E-state index in [1.807, 2.05) is 64.0 Å². The summed E-state index contributed by atoms with van der Waals surface area (Å²) in [6, 6.07) is 7.59. The van der Waals surface area contributed by atoms with E-state index in [1.54, 1.807) is 6.92 Å². The van der Waals surface area contributed by atoms with Crippen LogP contribution in [0.15, 0.2) is 24.3 Å². The zero-order chi connectivity index (χ0) is 14.8. The average molecular weight is 264 g/mol. The molecule has 0 saturated carbocycles. The highest BCUT2D eigenvalue weighted by atomic mass is 16.6. The van der Waals surface area contributed by atoms with Crippen LogP contribution >= 0.6 is 0 Å². The van der Waals surface area contributed by atoms with Gasteiger partial charge in [-0.3, -0.25) is 0 Å². The molecule has 0 aliphatic rings. The Bertz CT molecular complexity index is 442. The summed E-state index contributed by atoms with van der Waals surface area (Å²) in [6.07, 6.45) is 0. The SMILES string of the molecule is CN(C)c1ccc([C@](C)(N)C(=O)OC(C)(C)C)cc1. The largest absolute Gasteiger partial charge is 0.458 e. The van der Waals surface area contributed by atoms with E-state index in [0.717, 1.165) is 11.3 Å². The molecule has 19 heavy (non-hydrogen) atoms. The first-order chi connectivity index (χ1) is 8.54. The molecule has 0 heterocycles. The Kier molecular flexibility index (Phi) is 4.25. The maximum absolute atomic E-state index is 12.1. The van der Waals surface area contributed by atoms with Crippen molar-refractivity contribution in [3.63, 3.8) is 0 Å². The number of hydrogen-bond donors (Lipinski definition) is 1. The van der Waals surface area contributed by atoms with Crippen molar-refractivity contribution in [1.82, 2.24) is 0 Å². The Balaban J connectivity index is 2.96. The van der Waals surface area contributed by atoms with Crippen LogP contribution in [0.3, 0.4) is 0 Å². The number of ether oxygens (including phenoxy) is 1. The van der Waals surface area contributed by atoms with Gasteiger partial charge in [-0.1, -0.05) is 12.1 Å². The molecule has 0 bridgehead atoms. The van der Waals surface area contributed by atoms with Gasteiger partial charge in [0.2, 0.25) is 0 Å². The van der Waals surface area contributed by atoms with Gasteiger partial charge >= 0.3 is 5.97 Å². The monoisotopic (exact) mass is 264 g/mol. The van der Waals surface area contributed by atoms with E-state index in [0.29, 0.717) is 0 Å². The van der Waals surface area contributed by atoms with E-state index in [-0.39, 0.29) is 0 Å². The van der Waals surface area contributed by atoms with Gasteiger partial charge in [-0.05, 0) is 45.4 Å². The van der Waals surface area contributed by atoms with Crippen LogP contribution < -0.4 is 10.6 Å². The third-order valence-corrected chi connectivity index (χ3v) is 2.81. The number of nitrogens with zero attached hydrogens (tertiary/aromatic N) is 1. The summed E-state index contributed by atoms with van der Waals surface area (Å²) in [5, 5.41) is 0. The Morgan fingerprint density at radius 2 is 1.58 bits per heavy atom. The minimum Gasteiger partial charge on any atom is -0.458 e. The first-order valence-corrected chi connectivity index (χ1v) is 6.34. The van der Waals surface area contributed by atoms with Crippen LogP contribution in [0.5, 0.6) is 0 Å². The topological polar surface area (TPSA) is 55.6 Å². The quantitative estimate of drug-likeness (QED) is 0.851. The van der Waals surface area contributed by atoms with Crippen molar-refractivity contribution in [1.29, 1.82) is 0 Å². The van der Waals surface area contributed by atoms with Crippen LogP contribution in [0.25, 0.3) is 0 Å². The van der Waals surface area contributed by atoms with Crippen molar-refractivity contribution in [3.8, 4) is 0 Å². The summed E-state index contributed by atoms with van der Waals surface area (Å²) >= 11 is 0. The number of nitrogens with two attached hydrogens (primary N) is 1. The van der Waals surface area contributed by atoms with Gasteiger partial charge in [-0.15, -0.1) is 0 Å². The zero-order valence-corrected chi connectivity index (χ0v) is 12.7. The van der Waals surface area contributed by atoms with Gasteiger partial charge in [0, 0.05) is 19.8 Å². The number of rotatable bonds is 3. The summed E-state index contributed by atoms with van der Waals surface area (Å²) in [6.45, 7) is 7.16. The average Bonchev–Trinajstić information content (AvgIpc) is 2.26. The van der Waals surface area contributed by atoms with Crippen LogP contribution in [0.4, 0.5) is 5.69 Å². The molecule has 106 valence electrons. The zero-order valence-electron chi connectivity index (χ0n) is 12.7. The second-order valence-electron chi connectivity index (χ2n) is 6.15. The molecular formula is C15H24N2O2. The Hall–Kier alpha value is -1.55. The number of esters is 1.